The second-order valence-corrected chi connectivity index (χ2v) is 22.0. The number of hydrogen-bond donors (Lipinski definition) is 15. The summed E-state index contributed by atoms with van der Waals surface area (Å²) in [4.78, 5) is 157. The number of amides is 10. The molecule has 10 amide bonds. The molecule has 84 heavy (non-hydrogen) atoms. The van der Waals surface area contributed by atoms with Crippen molar-refractivity contribution in [2.45, 2.75) is 139 Å². The number of phenols is 1. The lowest BCUT2D eigenvalue weighted by atomic mass is 10.0. The number of fused-ring (bicyclic) bond motifs is 1. The maximum atomic E-state index is 14.4. The molecule has 0 spiro atoms. The van der Waals surface area contributed by atoms with Gasteiger partial charge in [0.15, 0.2) is 5.96 Å². The van der Waals surface area contributed by atoms with E-state index >= 15 is 0 Å². The maximum absolute atomic E-state index is 14.4. The van der Waals surface area contributed by atoms with Crippen LogP contribution in [0.1, 0.15) is 83.3 Å². The number of nitrogens with one attached hydrogen (secondary N) is 10. The van der Waals surface area contributed by atoms with Gasteiger partial charge in [0.25, 0.3) is 0 Å². The number of para-hydroxylation sites is 1. The van der Waals surface area contributed by atoms with Crippen molar-refractivity contribution in [2.24, 2.45) is 22.4 Å². The number of benzene rings is 2. The Morgan fingerprint density at radius 1 is 0.738 bits per heavy atom. The van der Waals surface area contributed by atoms with Crippen LogP contribution < -0.4 is 59.3 Å². The minimum atomic E-state index is -1.74. The summed E-state index contributed by atoms with van der Waals surface area (Å²) in [6.07, 6.45) is 4.50. The average Bonchev–Trinajstić information content (AvgIpc) is 4.28. The van der Waals surface area contributed by atoms with Crippen LogP contribution in [0, 0.1) is 5.92 Å². The number of rotatable bonds is 32. The maximum Gasteiger partial charge on any atom is 0.322 e. The number of carboxylic acid groups (broad SMARTS) is 1. The zero-order chi connectivity index (χ0) is 61.6. The topological polar surface area (TPSA) is 440 Å². The van der Waals surface area contributed by atoms with Crippen molar-refractivity contribution in [1.82, 2.24) is 57.7 Å². The number of phenolic OH excluding ortho intramolecular Hbond substituents is 1. The first kappa shape index (κ1) is 66.3. The fourth-order valence-electron chi connectivity index (χ4n) is 9.60. The highest BCUT2D eigenvalue weighted by Crippen LogP contribution is 2.22. The summed E-state index contributed by atoms with van der Waals surface area (Å²) >= 11 is 1.41. The molecule has 9 atom stereocenters. The highest BCUT2D eigenvalue weighted by atomic mass is 32.2. The van der Waals surface area contributed by atoms with E-state index in [-0.39, 0.29) is 94.4 Å². The van der Waals surface area contributed by atoms with E-state index in [4.69, 9.17) is 16.6 Å². The smallest absolute Gasteiger partial charge is 0.322 e. The summed E-state index contributed by atoms with van der Waals surface area (Å²) in [7, 11) is 0. The van der Waals surface area contributed by atoms with Gasteiger partial charge in [0, 0.05) is 49.5 Å². The highest BCUT2D eigenvalue weighted by molar-refractivity contribution is 7.98. The number of aliphatic carboxylic acids is 1. The second-order valence-electron chi connectivity index (χ2n) is 21.0. The molecule has 2 fully saturated rings. The van der Waals surface area contributed by atoms with E-state index in [2.05, 4.69) is 57.8 Å². The molecule has 2 saturated heterocycles. The molecule has 3 heterocycles. The summed E-state index contributed by atoms with van der Waals surface area (Å²) in [5, 5.41) is 53.7. The molecule has 28 nitrogen and oxygen atoms in total. The Morgan fingerprint density at radius 2 is 1.36 bits per heavy atom. The van der Waals surface area contributed by atoms with Gasteiger partial charge in [-0.1, -0.05) is 44.2 Å². The zero-order valence-corrected chi connectivity index (χ0v) is 48.2. The number of guanidine groups is 1. The number of hydrogen-bond acceptors (Lipinski definition) is 15. The van der Waals surface area contributed by atoms with E-state index in [0.29, 0.717) is 23.3 Å². The molecule has 0 radical (unpaired) electrons. The molecule has 1 aromatic heterocycles. The molecular weight excluding hydrogens is 1110 g/mol. The fraction of sp³-hybridized carbons (Fsp3) is 0.527. The van der Waals surface area contributed by atoms with Crippen LogP contribution in [-0.2, 0) is 65.6 Å². The molecule has 0 bridgehead atoms. The lowest BCUT2D eigenvalue weighted by molar-refractivity contribution is -0.143. The number of carbonyl (C=O) groups excluding carboxylic acids is 10. The molecule has 5 rings (SSSR count). The first-order valence-corrected chi connectivity index (χ1v) is 29.1. The van der Waals surface area contributed by atoms with Crippen LogP contribution in [0.5, 0.6) is 5.75 Å². The van der Waals surface area contributed by atoms with Crippen molar-refractivity contribution >= 4 is 93.7 Å². The average molecular weight is 1190 g/mol. The van der Waals surface area contributed by atoms with Crippen LogP contribution >= 0.6 is 11.8 Å². The number of aliphatic hydroxyl groups excluding tert-OH is 1. The molecule has 29 heteroatoms. The summed E-state index contributed by atoms with van der Waals surface area (Å²) in [5.74, 6) is -8.85. The van der Waals surface area contributed by atoms with Crippen LogP contribution in [0.25, 0.3) is 10.9 Å². The monoisotopic (exact) mass is 1190 g/mol. The van der Waals surface area contributed by atoms with Crippen LogP contribution in [0.3, 0.4) is 0 Å². The lowest BCUT2D eigenvalue weighted by Crippen LogP contribution is -2.61. The Bertz CT molecular complexity index is 2860. The number of aliphatic imine (C=N–C) groups is 1. The third-order valence-corrected chi connectivity index (χ3v) is 14.7. The molecule has 17 N–H and O–H groups in total. The number of carbonyl (C=O) groups is 11. The molecule has 3 aromatic rings. The van der Waals surface area contributed by atoms with Gasteiger partial charge in [-0.05, 0) is 99.1 Å². The van der Waals surface area contributed by atoms with Crippen LogP contribution in [0.15, 0.2) is 59.7 Å². The van der Waals surface area contributed by atoms with Crippen molar-refractivity contribution in [3.63, 3.8) is 0 Å². The van der Waals surface area contributed by atoms with Gasteiger partial charge in [0.05, 0.1) is 6.61 Å². The van der Waals surface area contributed by atoms with Gasteiger partial charge in [0.1, 0.15) is 66.7 Å². The number of aliphatic hydroxyl groups is 1. The number of nitrogens with zero attached hydrogens (tertiary/aromatic N) is 2. The van der Waals surface area contributed by atoms with Crippen molar-refractivity contribution in [3.8, 4) is 5.75 Å². The SMILES string of the molecule is CSCC[C@@H](NC(=O)[C@@H]1CCC(=O)N1)C(=O)N[C@@H](Cc1c[nH]c2ccccc12)C(=O)N[C@@H](CO)C(=O)N[C@@H](Cc1ccc(O)cc1)C(=O)N[C@H](C)C(=O)N[C@@H](CC(C)C)C(=O)N[C@@H](CCCN=C(N)N)C(=O)N1CCC[C@H]1C(=O)NCC(=O)O. The van der Waals surface area contributed by atoms with Gasteiger partial charge in [-0.2, -0.15) is 11.8 Å². The number of aromatic amines is 1. The Labute approximate surface area is 489 Å². The number of aromatic nitrogens is 1. The van der Waals surface area contributed by atoms with Crippen molar-refractivity contribution in [3.05, 3.63) is 65.9 Å². The lowest BCUT2D eigenvalue weighted by Gasteiger charge is -2.30. The summed E-state index contributed by atoms with van der Waals surface area (Å²) in [5.41, 5.74) is 12.7. The van der Waals surface area contributed by atoms with Crippen LogP contribution in [-0.4, -0.2) is 189 Å². The number of H-pyrrole nitrogens is 1. The quantitative estimate of drug-likeness (QED) is 0.0173. The summed E-state index contributed by atoms with van der Waals surface area (Å²) < 4.78 is 0. The third-order valence-electron chi connectivity index (χ3n) is 14.0. The predicted molar refractivity (Wildman–Crippen MR) is 309 cm³/mol. The van der Waals surface area contributed by atoms with Gasteiger partial charge < -0.3 is 84.5 Å². The molecule has 0 saturated carbocycles. The molecule has 0 aliphatic carbocycles. The van der Waals surface area contributed by atoms with Crippen molar-refractivity contribution in [1.29, 1.82) is 0 Å². The molecular formula is C55H78N14O14S. The van der Waals surface area contributed by atoms with Gasteiger partial charge >= 0.3 is 5.97 Å². The standard InChI is InChI=1S/C55H78N14O14S/c1-29(2)23-39(50(79)64-38(11-7-20-58-55(56)57)54(83)69-21-8-12-43(69)53(82)60-27-45(73)74)65-46(75)30(3)61-49(78)40(24-31-13-15-33(71)16-14-31)66-52(81)42(28-70)68-51(80)41(25-32-26-59-35-10-6-5-9-34(32)35)67-48(77)37(19-22-84-4)63-47(76)36-17-18-44(72)62-36/h5-6,9-10,13-16,26,29-30,36-43,59,70-71H,7-8,11-12,17-25,27-28H2,1-4H3,(H,60,82)(H,61,78)(H,62,72)(H,63,76)(H,64,79)(H,65,75)(H,66,81)(H,67,77)(H,68,80)(H,73,74)(H4,56,57,58)/t30-,36+,37-,38+,39+,40+,41+,42+,43+/m1/s1. The minimum Gasteiger partial charge on any atom is -0.508 e. The van der Waals surface area contributed by atoms with Crippen LogP contribution in [0.2, 0.25) is 0 Å². The van der Waals surface area contributed by atoms with Crippen molar-refractivity contribution in [2.75, 3.05) is 38.2 Å². The van der Waals surface area contributed by atoms with E-state index in [1.165, 1.54) is 47.9 Å². The fourth-order valence-corrected chi connectivity index (χ4v) is 10.1. The number of nitrogens with two attached hydrogens (primary N) is 2. The number of likely N-dealkylation sites (tertiary alicyclic amines) is 1. The number of carboxylic acids is 1. The Balaban J connectivity index is 1.33. The van der Waals surface area contributed by atoms with E-state index in [1.54, 1.807) is 38.2 Å². The predicted octanol–water partition coefficient (Wildman–Crippen LogP) is -2.61. The van der Waals surface area contributed by atoms with Gasteiger partial charge in [-0.25, -0.2) is 0 Å². The van der Waals surface area contributed by atoms with Gasteiger partial charge in [-0.15, -0.1) is 0 Å². The third kappa shape index (κ3) is 20.2. The van der Waals surface area contributed by atoms with Crippen LogP contribution in [0.4, 0.5) is 0 Å². The zero-order valence-electron chi connectivity index (χ0n) is 47.4. The molecule has 2 aromatic carbocycles. The van der Waals surface area contributed by atoms with Crippen molar-refractivity contribution < 1.29 is 68.1 Å². The Hall–Kier alpha value is -8.47. The van der Waals surface area contributed by atoms with E-state index in [1.807, 2.05) is 12.3 Å². The van der Waals surface area contributed by atoms with E-state index in [0.717, 1.165) is 10.9 Å². The molecule has 2 aliphatic heterocycles. The molecule has 2 aliphatic rings. The Morgan fingerprint density at radius 3 is 2.00 bits per heavy atom. The second kappa shape index (κ2) is 32.4. The first-order valence-electron chi connectivity index (χ1n) is 27.7. The van der Waals surface area contributed by atoms with Gasteiger partial charge in [0.2, 0.25) is 59.1 Å². The normalized spacial score (nSPS) is 17.2. The van der Waals surface area contributed by atoms with E-state index < -0.39 is 127 Å². The Kier molecular flexibility index (Phi) is 25.6. The largest absolute Gasteiger partial charge is 0.508 e. The molecule has 458 valence electrons. The number of thioether (sulfide) groups is 1. The highest BCUT2D eigenvalue weighted by Gasteiger charge is 2.40. The summed E-state index contributed by atoms with van der Waals surface area (Å²) in [6.45, 7) is 3.43. The minimum absolute atomic E-state index is 0.00285. The van der Waals surface area contributed by atoms with E-state index in [9.17, 15) is 63.0 Å². The number of aromatic hydroxyl groups is 1. The summed E-state index contributed by atoms with van der Waals surface area (Å²) in [6, 6.07) is 1.22. The molecule has 0 unspecified atom stereocenters. The first-order chi connectivity index (χ1) is 40.0. The van der Waals surface area contributed by atoms with Gasteiger partial charge in [-0.3, -0.25) is 57.7 Å².